The van der Waals surface area contributed by atoms with E-state index >= 15 is 0 Å². The fourth-order valence-electron chi connectivity index (χ4n) is 13.6. The molecule has 0 aliphatic carbocycles. The fraction of sp³-hybridized carbons (Fsp3) is 0.0556. The summed E-state index contributed by atoms with van der Waals surface area (Å²) >= 11 is 0. The summed E-state index contributed by atoms with van der Waals surface area (Å²) in [5.41, 5.74) is 17.9. The van der Waals surface area contributed by atoms with Gasteiger partial charge in [0.2, 0.25) is 0 Å². The second kappa shape index (κ2) is 15.9. The predicted octanol–water partition coefficient (Wildman–Crippen LogP) is 18.9. The molecule has 0 fully saturated rings. The summed E-state index contributed by atoms with van der Waals surface area (Å²) in [6, 6.07) is 74.2. The molecule has 0 saturated heterocycles. The zero-order chi connectivity index (χ0) is 53.4. The molecule has 17 aromatic rings. The zero-order valence-corrected chi connectivity index (χ0v) is 44.0. The average Bonchev–Trinajstić information content (AvgIpc) is 4.46. The van der Waals surface area contributed by atoms with E-state index in [1.54, 1.807) is 0 Å². The highest BCUT2D eigenvalue weighted by molar-refractivity contribution is 6.21. The number of hydrogen-bond acceptors (Lipinski definition) is 4. The van der Waals surface area contributed by atoms with Crippen LogP contribution < -0.4 is 0 Å². The first-order valence-corrected chi connectivity index (χ1v) is 27.0. The Hall–Kier alpha value is -10.8. The lowest BCUT2D eigenvalue weighted by molar-refractivity contribution is 0.669. The molecule has 0 unspecified atom stereocenters. The first-order valence-electron chi connectivity index (χ1n) is 27.0. The Labute approximate surface area is 456 Å². The van der Waals surface area contributed by atoms with E-state index in [1.165, 1.54) is 0 Å². The molecule has 0 amide bonds. The van der Waals surface area contributed by atoms with Gasteiger partial charge in [-0.3, -0.25) is 0 Å². The van der Waals surface area contributed by atoms with Crippen molar-refractivity contribution in [2.24, 2.45) is 0 Å². The van der Waals surface area contributed by atoms with Gasteiger partial charge in [-0.15, -0.1) is 0 Å². The molecular weight excluding hydrogens is 981 g/mol. The molecule has 11 aromatic carbocycles. The summed E-state index contributed by atoms with van der Waals surface area (Å²) in [7, 11) is 0. The van der Waals surface area contributed by atoms with Crippen LogP contribution in [0.5, 0.6) is 0 Å². The molecule has 6 heterocycles. The molecule has 0 saturated carbocycles. The molecule has 8 heteroatoms. The maximum absolute atomic E-state index is 12.9. The Balaban J connectivity index is 1.19. The van der Waals surface area contributed by atoms with E-state index in [1.807, 2.05) is 36.4 Å². The van der Waals surface area contributed by atoms with Crippen molar-refractivity contribution in [2.45, 2.75) is 27.7 Å². The monoisotopic (exact) mass is 1020 g/mol. The third-order valence-corrected chi connectivity index (χ3v) is 17.0. The van der Waals surface area contributed by atoms with Gasteiger partial charge >= 0.3 is 0 Å². The quantitative estimate of drug-likeness (QED) is 0.175. The Morgan fingerprint density at radius 1 is 0.263 bits per heavy atom. The molecule has 0 aliphatic rings. The molecule has 374 valence electrons. The number of fused-ring (bicyclic) bond motifs is 18. The van der Waals surface area contributed by atoms with Crippen LogP contribution in [0.1, 0.15) is 33.4 Å². The van der Waals surface area contributed by atoms with Crippen LogP contribution in [0.2, 0.25) is 0 Å². The minimum Gasteiger partial charge on any atom is -0.456 e. The summed E-state index contributed by atoms with van der Waals surface area (Å²) < 4.78 is 22.3. The lowest BCUT2D eigenvalue weighted by Gasteiger charge is -2.27. The van der Waals surface area contributed by atoms with E-state index in [4.69, 9.17) is 8.83 Å². The summed E-state index contributed by atoms with van der Waals surface area (Å²) in [6.07, 6.45) is 0. The van der Waals surface area contributed by atoms with Gasteiger partial charge in [0.05, 0.1) is 66.9 Å². The normalized spacial score (nSPS) is 12.2. The van der Waals surface area contributed by atoms with E-state index in [0.29, 0.717) is 33.9 Å². The average molecular weight is 1030 g/mol. The first kappa shape index (κ1) is 44.3. The Bertz CT molecular complexity index is 5280. The summed E-state index contributed by atoms with van der Waals surface area (Å²) in [5, 5.41) is 37.8. The van der Waals surface area contributed by atoms with Gasteiger partial charge in [0, 0.05) is 64.6 Å². The van der Waals surface area contributed by atoms with Crippen LogP contribution in [-0.4, -0.2) is 18.3 Å². The van der Waals surface area contributed by atoms with Gasteiger partial charge in [0.25, 0.3) is 0 Å². The van der Waals surface area contributed by atoms with E-state index in [-0.39, 0.29) is 0 Å². The van der Waals surface area contributed by atoms with Crippen molar-refractivity contribution in [3.05, 3.63) is 228 Å². The molecule has 0 bridgehead atoms. The zero-order valence-electron chi connectivity index (χ0n) is 44.0. The van der Waals surface area contributed by atoms with Crippen molar-refractivity contribution in [3.8, 4) is 34.9 Å². The third-order valence-electron chi connectivity index (χ3n) is 17.0. The van der Waals surface area contributed by atoms with Gasteiger partial charge in [0.1, 0.15) is 45.6 Å². The lowest BCUT2D eigenvalue weighted by Crippen LogP contribution is -2.16. The van der Waals surface area contributed by atoms with Crippen LogP contribution in [0.25, 0.3) is 154 Å². The summed E-state index contributed by atoms with van der Waals surface area (Å²) in [5.74, 6) is 0. The van der Waals surface area contributed by atoms with Crippen molar-refractivity contribution >= 4 is 131 Å². The number of aromatic nitrogens is 4. The van der Waals surface area contributed by atoms with Crippen LogP contribution in [0, 0.1) is 50.4 Å². The number of benzene rings is 11. The number of aryl methyl sites for hydroxylation is 4. The number of para-hydroxylation sites is 4. The summed E-state index contributed by atoms with van der Waals surface area (Å²) in [6.45, 7) is 8.50. The van der Waals surface area contributed by atoms with Crippen LogP contribution in [0.3, 0.4) is 0 Å². The van der Waals surface area contributed by atoms with Gasteiger partial charge in [0.15, 0.2) is 0 Å². The Morgan fingerprint density at radius 3 is 0.900 bits per heavy atom. The first-order chi connectivity index (χ1) is 39.2. The van der Waals surface area contributed by atoms with Crippen molar-refractivity contribution < 1.29 is 8.83 Å². The molecule has 8 nitrogen and oxygen atoms in total. The van der Waals surface area contributed by atoms with Crippen molar-refractivity contribution in [1.82, 2.24) is 18.3 Å². The molecule has 0 radical (unpaired) electrons. The van der Waals surface area contributed by atoms with E-state index in [0.717, 1.165) is 153 Å². The largest absolute Gasteiger partial charge is 0.456 e. The molecule has 0 aliphatic heterocycles. The van der Waals surface area contributed by atoms with Gasteiger partial charge in [-0.05, 0) is 125 Å². The van der Waals surface area contributed by atoms with Crippen molar-refractivity contribution in [2.75, 3.05) is 0 Å². The number of nitrogens with zero attached hydrogens (tertiary/aromatic N) is 6. The van der Waals surface area contributed by atoms with E-state index in [9.17, 15) is 10.5 Å². The molecule has 0 N–H and O–H groups in total. The smallest absolute Gasteiger partial charge is 0.136 e. The minimum absolute atomic E-state index is 0.392. The predicted molar refractivity (Wildman–Crippen MR) is 327 cm³/mol. The molecule has 6 aromatic heterocycles. The SMILES string of the molecule is Cc1ccc2c(c1)c1cc(C)ccc1n2-c1c(C#N)c(-n2c3ccccc3c3cc4oc5ccccc5c4cc32)c(-n2c3ccc(C)cc3c3cc(C)ccc32)c(C#N)c1-n1c2ccccc2c2cc3oc4ccccc4c3cc21. The second-order valence-electron chi connectivity index (χ2n) is 21.8. The van der Waals surface area contributed by atoms with Gasteiger partial charge in [-0.1, -0.05) is 119 Å². The Morgan fingerprint density at radius 2 is 0.550 bits per heavy atom. The molecule has 0 atom stereocenters. The maximum Gasteiger partial charge on any atom is 0.136 e. The highest BCUT2D eigenvalue weighted by Gasteiger charge is 2.35. The molecule has 17 rings (SSSR count). The number of furan rings is 2. The van der Waals surface area contributed by atoms with Crippen LogP contribution in [0.4, 0.5) is 0 Å². The highest BCUT2D eigenvalue weighted by atomic mass is 16.3. The Kier molecular flexibility index (Phi) is 8.81. The highest BCUT2D eigenvalue weighted by Crippen LogP contribution is 2.50. The van der Waals surface area contributed by atoms with Crippen LogP contribution >= 0.6 is 0 Å². The van der Waals surface area contributed by atoms with Crippen molar-refractivity contribution in [1.29, 1.82) is 10.5 Å². The second-order valence-corrected chi connectivity index (χ2v) is 21.8. The van der Waals surface area contributed by atoms with Gasteiger partial charge in [-0.2, -0.15) is 10.5 Å². The van der Waals surface area contributed by atoms with Crippen LogP contribution in [0.15, 0.2) is 203 Å². The van der Waals surface area contributed by atoms with Gasteiger partial charge in [-0.25, -0.2) is 0 Å². The molecular formula is C72H44N6O2. The standard InChI is InChI=1S/C72H44N6O2/c1-39-21-25-59-47(29-39)48-30-40(2)22-26-60(48)75(59)69-55(37-73)72(78-58-18-10-6-14-44(58)52-36-68-54(34-64(52)78)46-16-8-12-20-66(46)80-68)70(76-61-27-23-41(3)31-49(61)50-32-42(4)24-28-62(50)76)56(38-74)71(69)77-57-17-9-5-13-43(57)51-35-67-53(33-63(51)77)45-15-7-11-19-65(45)79-67/h5-36H,1-4H3. The third kappa shape index (κ3) is 5.81. The molecule has 80 heavy (non-hydrogen) atoms. The number of nitriles is 2. The molecule has 0 spiro atoms. The fourth-order valence-corrected chi connectivity index (χ4v) is 13.6. The van der Waals surface area contributed by atoms with Gasteiger partial charge < -0.3 is 27.1 Å². The number of rotatable bonds is 4. The van der Waals surface area contributed by atoms with Crippen LogP contribution in [-0.2, 0) is 0 Å². The van der Waals surface area contributed by atoms with E-state index < -0.39 is 0 Å². The lowest BCUT2D eigenvalue weighted by atomic mass is 9.98. The van der Waals surface area contributed by atoms with Crippen molar-refractivity contribution in [3.63, 3.8) is 0 Å². The number of hydrogen-bond donors (Lipinski definition) is 0. The van der Waals surface area contributed by atoms with E-state index in [2.05, 4.69) is 216 Å². The summed E-state index contributed by atoms with van der Waals surface area (Å²) in [4.78, 5) is 0. The maximum atomic E-state index is 12.9. The topological polar surface area (TPSA) is 93.6 Å². The minimum atomic E-state index is 0.392.